The van der Waals surface area contributed by atoms with E-state index in [9.17, 15) is 0 Å². The fraction of sp³-hybridized carbons (Fsp3) is 0.429. The molecule has 0 aliphatic heterocycles. The van der Waals surface area contributed by atoms with Gasteiger partial charge in [0.1, 0.15) is 11.3 Å². The van der Waals surface area contributed by atoms with Gasteiger partial charge in [0.05, 0.1) is 12.1 Å². The van der Waals surface area contributed by atoms with Crippen molar-refractivity contribution in [2.45, 2.75) is 26.3 Å². The van der Waals surface area contributed by atoms with Gasteiger partial charge in [-0.1, -0.05) is 13.8 Å². The van der Waals surface area contributed by atoms with Crippen molar-refractivity contribution in [2.75, 3.05) is 13.2 Å². The molecule has 1 N–H and O–H groups in total. The monoisotopic (exact) mass is 323 g/mol. The average molecular weight is 324 g/mol. The van der Waals surface area contributed by atoms with Crippen LogP contribution >= 0.6 is 15.9 Å². The molecule has 0 amide bonds. The highest BCUT2D eigenvalue weighted by molar-refractivity contribution is 9.10. The van der Waals surface area contributed by atoms with Crippen molar-refractivity contribution in [3.05, 3.63) is 29.0 Å². The van der Waals surface area contributed by atoms with Crippen LogP contribution in [0.25, 0.3) is 11.0 Å². The first-order valence-corrected chi connectivity index (χ1v) is 7.22. The number of hydrogen-bond donors (Lipinski definition) is 1. The zero-order chi connectivity index (χ0) is 13.7. The third kappa shape index (κ3) is 4.14. The number of halogens is 1. The smallest absolute Gasteiger partial charge is 0.148 e. The Morgan fingerprint density at radius 1 is 1.37 bits per heavy atom. The van der Waals surface area contributed by atoms with Crippen molar-refractivity contribution in [3.8, 4) is 5.75 Å². The molecule has 102 valence electrons. The summed E-state index contributed by atoms with van der Waals surface area (Å²) >= 11 is 3.39. The third-order valence-corrected chi connectivity index (χ3v) is 3.07. The first-order chi connectivity index (χ1) is 9.16. The topological polar surface area (TPSA) is 47.0 Å². The molecule has 0 fully saturated rings. The summed E-state index contributed by atoms with van der Waals surface area (Å²) < 4.78 is 6.71. The standard InChI is InChI=1S/C14H18BrN3O/c1-10(2)16-5-3-7-19-13-4-6-17-12-8-11(15)9-18-14(12)13/h4,6,8-10,16H,3,5,7H2,1-2H3. The second kappa shape index (κ2) is 6.82. The Morgan fingerprint density at radius 3 is 3.00 bits per heavy atom. The highest BCUT2D eigenvalue weighted by Crippen LogP contribution is 2.23. The molecule has 0 aromatic carbocycles. The van der Waals surface area contributed by atoms with Crippen LogP contribution in [0.15, 0.2) is 29.0 Å². The summed E-state index contributed by atoms with van der Waals surface area (Å²) in [5, 5.41) is 3.36. The molecule has 0 saturated carbocycles. The van der Waals surface area contributed by atoms with Crippen molar-refractivity contribution in [3.63, 3.8) is 0 Å². The molecule has 0 saturated heterocycles. The van der Waals surface area contributed by atoms with Crippen LogP contribution in [0.2, 0.25) is 0 Å². The fourth-order valence-electron chi connectivity index (χ4n) is 1.74. The highest BCUT2D eigenvalue weighted by Gasteiger charge is 2.05. The van der Waals surface area contributed by atoms with E-state index in [0.29, 0.717) is 12.6 Å². The molecule has 2 aromatic heterocycles. The van der Waals surface area contributed by atoms with E-state index < -0.39 is 0 Å². The molecule has 0 bridgehead atoms. The van der Waals surface area contributed by atoms with E-state index in [1.807, 2.05) is 12.1 Å². The van der Waals surface area contributed by atoms with Crippen LogP contribution in [-0.4, -0.2) is 29.2 Å². The molecule has 0 unspecified atom stereocenters. The molecule has 0 radical (unpaired) electrons. The summed E-state index contributed by atoms with van der Waals surface area (Å²) in [6.45, 7) is 5.91. The molecule has 4 nitrogen and oxygen atoms in total. The third-order valence-electron chi connectivity index (χ3n) is 2.64. The zero-order valence-electron chi connectivity index (χ0n) is 11.2. The van der Waals surface area contributed by atoms with E-state index in [1.54, 1.807) is 12.4 Å². The molecule has 5 heteroatoms. The minimum absolute atomic E-state index is 0.515. The lowest BCUT2D eigenvalue weighted by Crippen LogP contribution is -2.24. The van der Waals surface area contributed by atoms with Crippen molar-refractivity contribution in [2.24, 2.45) is 0 Å². The fourth-order valence-corrected chi connectivity index (χ4v) is 2.06. The van der Waals surface area contributed by atoms with Crippen LogP contribution in [0.5, 0.6) is 5.75 Å². The first kappa shape index (κ1) is 14.2. The summed E-state index contributed by atoms with van der Waals surface area (Å²) in [5.74, 6) is 0.794. The minimum atomic E-state index is 0.515. The molecular formula is C14H18BrN3O. The summed E-state index contributed by atoms with van der Waals surface area (Å²) in [6.07, 6.45) is 4.48. The number of aromatic nitrogens is 2. The van der Waals surface area contributed by atoms with Gasteiger partial charge in [0.15, 0.2) is 0 Å². The zero-order valence-corrected chi connectivity index (χ0v) is 12.8. The summed E-state index contributed by atoms with van der Waals surface area (Å²) in [7, 11) is 0. The maximum atomic E-state index is 5.78. The Morgan fingerprint density at radius 2 is 2.21 bits per heavy atom. The molecule has 0 atom stereocenters. The van der Waals surface area contributed by atoms with Crippen LogP contribution in [0.1, 0.15) is 20.3 Å². The van der Waals surface area contributed by atoms with Gasteiger partial charge in [-0.3, -0.25) is 4.98 Å². The Balaban J connectivity index is 1.97. The van der Waals surface area contributed by atoms with Crippen molar-refractivity contribution in [1.82, 2.24) is 15.3 Å². The van der Waals surface area contributed by atoms with Crippen LogP contribution in [0, 0.1) is 0 Å². The molecule has 2 rings (SSSR count). The lowest BCUT2D eigenvalue weighted by atomic mass is 10.3. The Bertz CT molecular complexity index is 545. The van der Waals surface area contributed by atoms with Gasteiger partial charge in [-0.25, -0.2) is 4.98 Å². The van der Waals surface area contributed by atoms with Crippen LogP contribution in [-0.2, 0) is 0 Å². The van der Waals surface area contributed by atoms with E-state index in [-0.39, 0.29) is 0 Å². The molecule has 0 aliphatic carbocycles. The maximum Gasteiger partial charge on any atom is 0.148 e. The van der Waals surface area contributed by atoms with Gasteiger partial charge in [0, 0.05) is 29.0 Å². The minimum Gasteiger partial charge on any atom is -0.491 e. The normalized spacial score (nSPS) is 11.2. The number of fused-ring (bicyclic) bond motifs is 1. The van der Waals surface area contributed by atoms with E-state index >= 15 is 0 Å². The second-order valence-corrected chi connectivity index (χ2v) is 5.56. The average Bonchev–Trinajstić information content (AvgIpc) is 2.37. The highest BCUT2D eigenvalue weighted by atomic mass is 79.9. The Labute approximate surface area is 121 Å². The molecule has 2 heterocycles. The van der Waals surface area contributed by atoms with Gasteiger partial charge in [0.25, 0.3) is 0 Å². The summed E-state index contributed by atoms with van der Waals surface area (Å²) in [6, 6.07) is 4.31. The number of nitrogens with one attached hydrogen (secondary N) is 1. The summed E-state index contributed by atoms with van der Waals surface area (Å²) in [5.41, 5.74) is 1.65. The number of ether oxygens (including phenoxy) is 1. The van der Waals surface area contributed by atoms with Crippen molar-refractivity contribution >= 4 is 27.0 Å². The van der Waals surface area contributed by atoms with Crippen LogP contribution in [0.3, 0.4) is 0 Å². The van der Waals surface area contributed by atoms with Crippen LogP contribution < -0.4 is 10.1 Å². The molecular weight excluding hydrogens is 306 g/mol. The van der Waals surface area contributed by atoms with Gasteiger partial charge >= 0.3 is 0 Å². The molecule has 0 aliphatic rings. The van der Waals surface area contributed by atoms with Crippen molar-refractivity contribution < 1.29 is 4.74 Å². The lowest BCUT2D eigenvalue weighted by Gasteiger charge is -2.10. The van der Waals surface area contributed by atoms with Crippen molar-refractivity contribution in [1.29, 1.82) is 0 Å². The number of rotatable bonds is 6. The largest absolute Gasteiger partial charge is 0.491 e. The molecule has 19 heavy (non-hydrogen) atoms. The first-order valence-electron chi connectivity index (χ1n) is 6.43. The van der Waals surface area contributed by atoms with Crippen LogP contribution in [0.4, 0.5) is 0 Å². The van der Waals surface area contributed by atoms with Gasteiger partial charge in [0.2, 0.25) is 0 Å². The SMILES string of the molecule is CC(C)NCCCOc1ccnc2cc(Br)cnc12. The summed E-state index contributed by atoms with van der Waals surface area (Å²) in [4.78, 5) is 8.64. The van der Waals surface area contributed by atoms with Gasteiger partial charge in [-0.05, 0) is 35.0 Å². The van der Waals surface area contributed by atoms with Gasteiger partial charge in [-0.2, -0.15) is 0 Å². The number of hydrogen-bond acceptors (Lipinski definition) is 4. The number of nitrogens with zero attached hydrogens (tertiary/aromatic N) is 2. The lowest BCUT2D eigenvalue weighted by molar-refractivity contribution is 0.309. The van der Waals surface area contributed by atoms with Gasteiger partial charge in [-0.15, -0.1) is 0 Å². The van der Waals surface area contributed by atoms with Gasteiger partial charge < -0.3 is 10.1 Å². The quantitative estimate of drug-likeness (QED) is 0.829. The van der Waals surface area contributed by atoms with E-state index in [4.69, 9.17) is 4.74 Å². The molecule has 0 spiro atoms. The molecule has 2 aromatic rings. The maximum absolute atomic E-state index is 5.78. The Kier molecular flexibility index (Phi) is 5.10. The predicted octanol–water partition coefficient (Wildman–Crippen LogP) is 3.16. The predicted molar refractivity (Wildman–Crippen MR) is 80.5 cm³/mol. The second-order valence-electron chi connectivity index (χ2n) is 4.64. The Hall–Kier alpha value is -1.20. The van der Waals surface area contributed by atoms with E-state index in [0.717, 1.165) is 34.2 Å². The number of pyridine rings is 2. The van der Waals surface area contributed by atoms with E-state index in [1.165, 1.54) is 0 Å². The van der Waals surface area contributed by atoms with E-state index in [2.05, 4.69) is 45.1 Å².